The van der Waals surface area contributed by atoms with E-state index in [1.54, 1.807) is 0 Å². The minimum atomic E-state index is 0.265. The van der Waals surface area contributed by atoms with E-state index in [2.05, 4.69) is 76.3 Å². The molecule has 1 saturated carbocycles. The monoisotopic (exact) mass is 314 g/mol. The van der Waals surface area contributed by atoms with E-state index in [0.717, 1.165) is 0 Å². The van der Waals surface area contributed by atoms with Crippen LogP contribution in [0.3, 0.4) is 0 Å². The maximum atomic E-state index is 2.30. The third-order valence-electron chi connectivity index (χ3n) is 4.24. The molecule has 0 nitrogen and oxygen atoms in total. The fraction of sp³-hybridized carbons (Fsp3) is 0.565. The summed E-state index contributed by atoms with van der Waals surface area (Å²) in [5.41, 5.74) is 3.26. The van der Waals surface area contributed by atoms with Crippen LogP contribution in [0.2, 0.25) is 0 Å². The molecule has 0 heteroatoms. The van der Waals surface area contributed by atoms with E-state index in [1.807, 2.05) is 13.8 Å². The first-order chi connectivity index (χ1) is 11.2. The lowest BCUT2D eigenvalue weighted by atomic mass is 9.64. The van der Waals surface area contributed by atoms with Crippen LogP contribution in [0.4, 0.5) is 0 Å². The van der Waals surface area contributed by atoms with E-state index in [4.69, 9.17) is 0 Å². The fourth-order valence-corrected chi connectivity index (χ4v) is 3.37. The van der Waals surface area contributed by atoms with Crippen LogP contribution in [0.15, 0.2) is 54.1 Å². The molecule has 0 atom stereocenters. The molecule has 0 heterocycles. The molecule has 0 saturated heterocycles. The van der Waals surface area contributed by atoms with Crippen LogP contribution in [0, 0.1) is 0 Å². The summed E-state index contributed by atoms with van der Waals surface area (Å²) in [4.78, 5) is 0. The van der Waals surface area contributed by atoms with Crippen LogP contribution in [-0.4, -0.2) is 0 Å². The van der Waals surface area contributed by atoms with E-state index in [0.29, 0.717) is 0 Å². The standard InChI is InChI=1S/C18H24.C3H8.C2H6/c1-3-11-16(4-2)18(14-9-6-10-15-18)17-12-7-5-8-13-17;1-3-2;1-2/h3-5,7-8,11-13H,6,9-10,14-15H2,1-2H3;3H2,1-2H3;1-2H3/b11-3-,16-4+;;. The highest BCUT2D eigenvalue weighted by atomic mass is 14.4. The smallest absolute Gasteiger partial charge is 0.0199 e. The van der Waals surface area contributed by atoms with Gasteiger partial charge in [-0.3, -0.25) is 0 Å². The zero-order valence-corrected chi connectivity index (χ0v) is 16.4. The summed E-state index contributed by atoms with van der Waals surface area (Å²) in [5, 5.41) is 0. The Labute approximate surface area is 145 Å². The van der Waals surface area contributed by atoms with Gasteiger partial charge in [-0.05, 0) is 37.8 Å². The number of hydrogen-bond acceptors (Lipinski definition) is 0. The van der Waals surface area contributed by atoms with Gasteiger partial charge in [-0.1, -0.05) is 102 Å². The second-order valence-corrected chi connectivity index (χ2v) is 5.96. The first-order valence-electron chi connectivity index (χ1n) is 9.60. The van der Waals surface area contributed by atoms with Gasteiger partial charge in [0.05, 0.1) is 0 Å². The van der Waals surface area contributed by atoms with Crippen LogP contribution in [0.25, 0.3) is 0 Å². The summed E-state index contributed by atoms with van der Waals surface area (Å²) in [5.74, 6) is 0. The summed E-state index contributed by atoms with van der Waals surface area (Å²) in [6, 6.07) is 11.1. The molecule has 1 aromatic carbocycles. The van der Waals surface area contributed by atoms with Gasteiger partial charge in [0.1, 0.15) is 0 Å². The summed E-state index contributed by atoms with van der Waals surface area (Å²) < 4.78 is 0. The van der Waals surface area contributed by atoms with Crippen LogP contribution in [-0.2, 0) is 5.41 Å². The lowest BCUT2D eigenvalue weighted by molar-refractivity contribution is 0.345. The molecule has 2 rings (SSSR count). The maximum absolute atomic E-state index is 2.30. The summed E-state index contributed by atoms with van der Waals surface area (Å²) in [6.07, 6.45) is 14.7. The molecule has 23 heavy (non-hydrogen) atoms. The summed E-state index contributed by atoms with van der Waals surface area (Å²) in [6.45, 7) is 12.5. The van der Waals surface area contributed by atoms with Gasteiger partial charge in [0.25, 0.3) is 0 Å². The predicted molar refractivity (Wildman–Crippen MR) is 107 cm³/mol. The molecule has 0 bridgehead atoms. The van der Waals surface area contributed by atoms with Crippen LogP contribution in [0.5, 0.6) is 0 Å². The Morgan fingerprint density at radius 2 is 1.48 bits per heavy atom. The number of benzene rings is 1. The molecule has 1 aliphatic carbocycles. The molecule has 0 radical (unpaired) electrons. The molecular formula is C23H38. The van der Waals surface area contributed by atoms with Gasteiger partial charge < -0.3 is 0 Å². The molecule has 0 spiro atoms. The normalized spacial score (nSPS) is 16.9. The van der Waals surface area contributed by atoms with Crippen molar-refractivity contribution in [3.8, 4) is 0 Å². The van der Waals surface area contributed by atoms with Gasteiger partial charge >= 0.3 is 0 Å². The molecular weight excluding hydrogens is 276 g/mol. The average Bonchev–Trinajstić information content (AvgIpc) is 2.63. The van der Waals surface area contributed by atoms with Crippen molar-refractivity contribution < 1.29 is 0 Å². The SMILES string of the molecule is C/C=C\C(=C/C)C1(c2ccccc2)CCCCC1.CC.CCC. The first-order valence-corrected chi connectivity index (χ1v) is 9.60. The highest BCUT2D eigenvalue weighted by Gasteiger charge is 2.35. The molecule has 1 aromatic rings. The van der Waals surface area contributed by atoms with E-state index in [9.17, 15) is 0 Å². The fourth-order valence-electron chi connectivity index (χ4n) is 3.37. The van der Waals surface area contributed by atoms with Gasteiger partial charge in [-0.15, -0.1) is 0 Å². The lowest BCUT2D eigenvalue weighted by Gasteiger charge is -2.39. The van der Waals surface area contributed by atoms with Crippen LogP contribution < -0.4 is 0 Å². The Morgan fingerprint density at radius 1 is 0.957 bits per heavy atom. The number of allylic oxidation sites excluding steroid dienone is 4. The topological polar surface area (TPSA) is 0 Å². The number of hydrogen-bond donors (Lipinski definition) is 0. The Morgan fingerprint density at radius 3 is 1.91 bits per heavy atom. The molecule has 1 aliphatic rings. The largest absolute Gasteiger partial charge is 0.0874 e. The Bertz CT molecular complexity index is 430. The van der Waals surface area contributed by atoms with Gasteiger partial charge in [-0.2, -0.15) is 0 Å². The minimum absolute atomic E-state index is 0.265. The molecule has 0 amide bonds. The Balaban J connectivity index is 0.000000868. The van der Waals surface area contributed by atoms with Crippen LogP contribution in [0.1, 0.15) is 85.6 Å². The van der Waals surface area contributed by atoms with Gasteiger partial charge in [0, 0.05) is 5.41 Å². The van der Waals surface area contributed by atoms with Gasteiger partial charge in [-0.25, -0.2) is 0 Å². The number of rotatable bonds is 3. The molecule has 130 valence electrons. The molecule has 0 aromatic heterocycles. The summed E-state index contributed by atoms with van der Waals surface area (Å²) >= 11 is 0. The highest BCUT2D eigenvalue weighted by molar-refractivity contribution is 5.42. The van der Waals surface area contributed by atoms with Crippen molar-refractivity contribution in [1.82, 2.24) is 0 Å². The van der Waals surface area contributed by atoms with Crippen molar-refractivity contribution in [3.05, 3.63) is 59.7 Å². The highest BCUT2D eigenvalue weighted by Crippen LogP contribution is 2.45. The van der Waals surface area contributed by atoms with Crippen molar-refractivity contribution in [2.24, 2.45) is 0 Å². The Kier molecular flexibility index (Phi) is 12.4. The van der Waals surface area contributed by atoms with Crippen LogP contribution >= 0.6 is 0 Å². The van der Waals surface area contributed by atoms with Crippen molar-refractivity contribution in [3.63, 3.8) is 0 Å². The molecule has 0 unspecified atom stereocenters. The van der Waals surface area contributed by atoms with E-state index >= 15 is 0 Å². The van der Waals surface area contributed by atoms with Crippen molar-refractivity contribution in [1.29, 1.82) is 0 Å². The zero-order chi connectivity index (χ0) is 17.6. The third kappa shape index (κ3) is 6.37. The van der Waals surface area contributed by atoms with Crippen molar-refractivity contribution in [2.75, 3.05) is 0 Å². The third-order valence-corrected chi connectivity index (χ3v) is 4.24. The van der Waals surface area contributed by atoms with Crippen molar-refractivity contribution >= 4 is 0 Å². The van der Waals surface area contributed by atoms with Crippen molar-refractivity contribution in [2.45, 2.75) is 85.5 Å². The summed E-state index contributed by atoms with van der Waals surface area (Å²) in [7, 11) is 0. The first kappa shape index (κ1) is 21.7. The van der Waals surface area contributed by atoms with Gasteiger partial charge in [0.15, 0.2) is 0 Å². The maximum Gasteiger partial charge on any atom is 0.0199 e. The quantitative estimate of drug-likeness (QED) is 0.498. The minimum Gasteiger partial charge on any atom is -0.0874 e. The van der Waals surface area contributed by atoms with Gasteiger partial charge in [0.2, 0.25) is 0 Å². The zero-order valence-electron chi connectivity index (χ0n) is 16.4. The molecule has 0 N–H and O–H groups in total. The second-order valence-electron chi connectivity index (χ2n) is 5.96. The molecule has 1 fully saturated rings. The lowest BCUT2D eigenvalue weighted by Crippen LogP contribution is -2.30. The molecule has 0 aliphatic heterocycles. The Hall–Kier alpha value is -1.30. The second kappa shape index (κ2) is 13.2. The van der Waals surface area contributed by atoms with E-state index < -0.39 is 0 Å². The average molecular weight is 315 g/mol. The van der Waals surface area contributed by atoms with E-state index in [1.165, 1.54) is 49.7 Å². The van der Waals surface area contributed by atoms with E-state index in [-0.39, 0.29) is 5.41 Å². The predicted octanol–water partition coefficient (Wildman–Crippen LogP) is 7.85.